The van der Waals surface area contributed by atoms with Crippen LogP contribution in [0.25, 0.3) is 28.0 Å². The van der Waals surface area contributed by atoms with Gasteiger partial charge >= 0.3 is 5.69 Å². The van der Waals surface area contributed by atoms with Crippen LogP contribution in [0.5, 0.6) is 0 Å². The number of sulfonamides is 1. The number of hydrogen-bond donors (Lipinski definition) is 0. The number of pyridine rings is 2. The van der Waals surface area contributed by atoms with Crippen molar-refractivity contribution in [2.24, 2.45) is 0 Å². The van der Waals surface area contributed by atoms with Crippen LogP contribution in [0.2, 0.25) is 0 Å². The monoisotopic (exact) mass is 653 g/mol. The molecule has 1 aliphatic carbocycles. The standard InChI is InChI=1S/C31H30F3N7O4S/c1-5-24(42)39-13-14-40(18(3)16-39)28-20-15-23(34)26(25-21(32)7-6-8-22(25)33)36-29(20)41(31(43)37-28)27-17(2)11-12-35-30(27)38(4)46(44,45)19-9-10-19/h5-8,11-12,15,18-19H,1,9-10,13-14,16H2,2-4H3/t18-/m0/s1. The first-order valence-electron chi connectivity index (χ1n) is 14.5. The summed E-state index contributed by atoms with van der Waals surface area (Å²) in [5.41, 5.74) is -2.13. The molecule has 1 aliphatic heterocycles. The van der Waals surface area contributed by atoms with Crippen molar-refractivity contribution in [3.63, 3.8) is 0 Å². The Hall–Kier alpha value is -4.79. The van der Waals surface area contributed by atoms with Gasteiger partial charge in [-0.2, -0.15) is 4.98 Å². The number of halogens is 3. The Labute approximate surface area is 262 Å². The molecule has 1 amide bonds. The van der Waals surface area contributed by atoms with Crippen LogP contribution in [-0.4, -0.2) is 76.7 Å². The summed E-state index contributed by atoms with van der Waals surface area (Å²) in [7, 11) is -2.51. The van der Waals surface area contributed by atoms with Gasteiger partial charge in [0.25, 0.3) is 0 Å². The average Bonchev–Trinajstić information content (AvgIpc) is 3.87. The Bertz CT molecular complexity index is 2060. The topological polar surface area (TPSA) is 122 Å². The predicted molar refractivity (Wildman–Crippen MR) is 167 cm³/mol. The van der Waals surface area contributed by atoms with Gasteiger partial charge in [-0.15, -0.1) is 0 Å². The van der Waals surface area contributed by atoms with Gasteiger partial charge in [0.1, 0.15) is 23.1 Å². The van der Waals surface area contributed by atoms with Crippen LogP contribution < -0.4 is 14.9 Å². The molecule has 2 aliphatic rings. The molecule has 0 unspecified atom stereocenters. The van der Waals surface area contributed by atoms with Crippen molar-refractivity contribution < 1.29 is 26.4 Å². The van der Waals surface area contributed by atoms with Crippen LogP contribution in [0.15, 0.2) is 54.0 Å². The second kappa shape index (κ2) is 11.5. The fourth-order valence-corrected chi connectivity index (χ4v) is 7.33. The summed E-state index contributed by atoms with van der Waals surface area (Å²) in [5, 5.41) is -0.576. The van der Waals surface area contributed by atoms with Crippen molar-refractivity contribution in [3.8, 4) is 16.9 Å². The molecular weight excluding hydrogens is 623 g/mol. The summed E-state index contributed by atoms with van der Waals surface area (Å²) in [6.07, 6.45) is 3.56. The molecule has 6 rings (SSSR count). The van der Waals surface area contributed by atoms with Crippen molar-refractivity contribution >= 4 is 38.6 Å². The van der Waals surface area contributed by atoms with Crippen molar-refractivity contribution in [1.29, 1.82) is 0 Å². The van der Waals surface area contributed by atoms with E-state index in [2.05, 4.69) is 21.5 Å². The number of carbonyl (C=O) groups excluding carboxylic acids is 1. The summed E-state index contributed by atoms with van der Waals surface area (Å²) in [6.45, 7) is 7.68. The molecule has 1 aromatic carbocycles. The Balaban J connectivity index is 1.65. The molecule has 1 saturated carbocycles. The molecule has 1 saturated heterocycles. The zero-order valence-corrected chi connectivity index (χ0v) is 26.1. The molecule has 4 heterocycles. The maximum absolute atomic E-state index is 15.9. The number of rotatable bonds is 7. The Kier molecular flexibility index (Phi) is 7.82. The van der Waals surface area contributed by atoms with Crippen LogP contribution in [0.3, 0.4) is 0 Å². The highest BCUT2D eigenvalue weighted by atomic mass is 32.2. The van der Waals surface area contributed by atoms with Gasteiger partial charge < -0.3 is 9.80 Å². The fraction of sp³-hybridized carbons (Fsp3) is 0.323. The Morgan fingerprint density at radius 2 is 1.78 bits per heavy atom. The average molecular weight is 654 g/mol. The first kappa shape index (κ1) is 31.2. The van der Waals surface area contributed by atoms with Crippen LogP contribution >= 0.6 is 0 Å². The van der Waals surface area contributed by atoms with E-state index in [0.29, 0.717) is 18.4 Å². The van der Waals surface area contributed by atoms with Crippen LogP contribution in [0.4, 0.5) is 24.8 Å². The number of nitrogens with zero attached hydrogens (tertiary/aromatic N) is 7. The summed E-state index contributed by atoms with van der Waals surface area (Å²) < 4.78 is 74.4. The minimum atomic E-state index is -3.84. The van der Waals surface area contributed by atoms with Crippen molar-refractivity contribution in [1.82, 2.24) is 24.4 Å². The number of benzene rings is 1. The fourth-order valence-electron chi connectivity index (χ4n) is 5.78. The van der Waals surface area contributed by atoms with Crippen molar-refractivity contribution in [3.05, 3.63) is 82.7 Å². The van der Waals surface area contributed by atoms with Gasteiger partial charge in [-0.05, 0) is 62.6 Å². The second-order valence-electron chi connectivity index (χ2n) is 11.4. The minimum absolute atomic E-state index is 0.0109. The predicted octanol–water partition coefficient (Wildman–Crippen LogP) is 3.72. The SMILES string of the molecule is C=CC(=O)N1CCN(c2nc(=O)n(-c3c(C)ccnc3N(C)S(=O)(=O)C3CC3)c3nc(-c4c(F)cccc4F)c(F)cc23)[C@@H](C)C1. The maximum atomic E-state index is 15.9. The zero-order valence-electron chi connectivity index (χ0n) is 25.2. The molecule has 0 bridgehead atoms. The van der Waals surface area contributed by atoms with E-state index >= 15 is 4.39 Å². The molecule has 0 radical (unpaired) electrons. The summed E-state index contributed by atoms with van der Waals surface area (Å²) in [6, 6.07) is 5.22. The normalized spacial score (nSPS) is 17.0. The second-order valence-corrected chi connectivity index (χ2v) is 13.6. The molecule has 2 fully saturated rings. The van der Waals surface area contributed by atoms with Gasteiger partial charge in [0.05, 0.1) is 21.9 Å². The Morgan fingerprint density at radius 1 is 1.09 bits per heavy atom. The van der Waals surface area contributed by atoms with Crippen LogP contribution in [0, 0.1) is 24.4 Å². The van der Waals surface area contributed by atoms with E-state index in [1.54, 1.807) is 29.7 Å². The third-order valence-corrected chi connectivity index (χ3v) is 10.6. The molecule has 46 heavy (non-hydrogen) atoms. The third-order valence-electron chi connectivity index (χ3n) is 8.34. The van der Waals surface area contributed by atoms with Crippen LogP contribution in [0.1, 0.15) is 25.3 Å². The number of aromatic nitrogens is 4. The summed E-state index contributed by atoms with van der Waals surface area (Å²) in [4.78, 5) is 42.7. The van der Waals surface area contributed by atoms with E-state index in [1.807, 2.05) is 0 Å². The van der Waals surface area contributed by atoms with Gasteiger partial charge in [-0.3, -0.25) is 9.10 Å². The smallest absolute Gasteiger partial charge is 0.350 e. The van der Waals surface area contributed by atoms with Gasteiger partial charge in [-0.1, -0.05) is 12.6 Å². The quantitative estimate of drug-likeness (QED) is 0.277. The highest BCUT2D eigenvalue weighted by Crippen LogP contribution is 2.37. The number of carbonyl (C=O) groups is 1. The molecule has 1 atom stereocenters. The molecular formula is C31H30F3N7O4S. The molecule has 11 nitrogen and oxygen atoms in total. The van der Waals surface area contributed by atoms with Gasteiger partial charge in [0, 0.05) is 38.9 Å². The van der Waals surface area contributed by atoms with Gasteiger partial charge in [-0.25, -0.2) is 40.9 Å². The summed E-state index contributed by atoms with van der Waals surface area (Å²) >= 11 is 0. The highest BCUT2D eigenvalue weighted by molar-refractivity contribution is 7.93. The van der Waals surface area contributed by atoms with Gasteiger partial charge in [0.2, 0.25) is 15.9 Å². The molecule has 0 spiro atoms. The van der Waals surface area contributed by atoms with E-state index in [-0.39, 0.29) is 59.9 Å². The number of piperazine rings is 1. The van der Waals surface area contributed by atoms with Crippen molar-refractivity contribution in [2.45, 2.75) is 38.0 Å². The summed E-state index contributed by atoms with van der Waals surface area (Å²) in [5.74, 6) is -3.54. The number of anilines is 2. The third kappa shape index (κ3) is 5.17. The maximum Gasteiger partial charge on any atom is 0.355 e. The first-order chi connectivity index (χ1) is 21.8. The van der Waals surface area contributed by atoms with E-state index in [4.69, 9.17) is 0 Å². The molecule has 240 valence electrons. The highest BCUT2D eigenvalue weighted by Gasteiger charge is 2.40. The van der Waals surface area contributed by atoms with Gasteiger partial charge in [0.15, 0.2) is 17.3 Å². The lowest BCUT2D eigenvalue weighted by molar-refractivity contribution is -0.126. The van der Waals surface area contributed by atoms with E-state index < -0.39 is 49.7 Å². The first-order valence-corrected chi connectivity index (χ1v) is 16.0. The van der Waals surface area contributed by atoms with E-state index in [1.165, 1.54) is 19.3 Å². The number of amides is 1. The van der Waals surface area contributed by atoms with Crippen LogP contribution in [-0.2, 0) is 14.8 Å². The van der Waals surface area contributed by atoms with Crippen molar-refractivity contribution in [2.75, 3.05) is 35.9 Å². The number of aryl methyl sites for hydroxylation is 1. The molecule has 3 aromatic heterocycles. The number of fused-ring (bicyclic) bond motifs is 1. The lowest BCUT2D eigenvalue weighted by Crippen LogP contribution is -2.54. The lowest BCUT2D eigenvalue weighted by Gasteiger charge is -2.40. The number of hydrogen-bond acceptors (Lipinski definition) is 8. The lowest BCUT2D eigenvalue weighted by atomic mass is 10.1. The largest absolute Gasteiger partial charge is 0.355 e. The zero-order chi connectivity index (χ0) is 33.1. The Morgan fingerprint density at radius 3 is 2.41 bits per heavy atom. The molecule has 4 aromatic rings. The minimum Gasteiger partial charge on any atom is -0.350 e. The van der Waals surface area contributed by atoms with E-state index in [9.17, 15) is 26.8 Å². The molecule has 0 N–H and O–H groups in total. The molecule has 15 heteroatoms. The van der Waals surface area contributed by atoms with E-state index in [0.717, 1.165) is 33.1 Å².